The van der Waals surface area contributed by atoms with Crippen molar-refractivity contribution in [3.8, 4) is 5.75 Å². The number of carbonyl (C=O) groups is 10. The Morgan fingerprint density at radius 2 is 0.677 bits per heavy atom. The number of ether oxygens (including phenoxy) is 5. The van der Waals surface area contributed by atoms with Crippen molar-refractivity contribution in [1.29, 1.82) is 0 Å². The van der Waals surface area contributed by atoms with E-state index in [9.17, 15) is 75.0 Å². The molecule has 0 unspecified atom stereocenters. The highest BCUT2D eigenvalue weighted by molar-refractivity contribution is 5.80. The van der Waals surface area contributed by atoms with Gasteiger partial charge in [0.2, 0.25) is 34.8 Å². The Morgan fingerprint density at radius 3 is 0.946 bits per heavy atom. The number of rotatable bonds is 29. The molecule has 0 aromatic heterocycles. The number of ketones is 4. The summed E-state index contributed by atoms with van der Waals surface area (Å²) in [5.74, 6) is -17.9. The van der Waals surface area contributed by atoms with Crippen molar-refractivity contribution in [2.24, 2.45) is 0 Å². The monoisotopic (exact) mass is 1330 g/mol. The third-order valence-electron chi connectivity index (χ3n) is 14.6. The molecule has 0 bridgehead atoms. The first-order valence-corrected chi connectivity index (χ1v) is 32.0. The summed E-state index contributed by atoms with van der Waals surface area (Å²) < 4.78 is 96.1. The van der Waals surface area contributed by atoms with Gasteiger partial charge in [-0.3, -0.25) is 87.1 Å². The number of Topliss-reactive ketones (excluding diaryl/α,β-unsaturated/α-hetero) is 4. The van der Waals surface area contributed by atoms with E-state index in [0.717, 1.165) is 6.42 Å². The third kappa shape index (κ3) is 34.9. The summed E-state index contributed by atoms with van der Waals surface area (Å²) in [5.41, 5.74) is -1.39. The molecule has 93 heavy (non-hydrogen) atoms. The van der Waals surface area contributed by atoms with Crippen LogP contribution in [0.2, 0.25) is 0 Å². The first-order chi connectivity index (χ1) is 43.5. The van der Waals surface area contributed by atoms with E-state index in [1.165, 1.54) is 27.7 Å². The number of halogens is 5. The average Bonchev–Trinajstić information content (AvgIpc) is 0.808. The van der Waals surface area contributed by atoms with Crippen LogP contribution >= 0.6 is 0 Å². The van der Waals surface area contributed by atoms with Crippen molar-refractivity contribution in [2.45, 2.75) is 158 Å². The summed E-state index contributed by atoms with van der Waals surface area (Å²) in [5, 5.41) is 9.37. The number of benzene rings is 1. The minimum atomic E-state index is -2.41. The van der Waals surface area contributed by atoms with E-state index in [1.807, 2.05) is 64.0 Å². The van der Waals surface area contributed by atoms with Gasteiger partial charge in [0.15, 0.2) is 0 Å². The Balaban J connectivity index is 0.000000652. The van der Waals surface area contributed by atoms with Crippen molar-refractivity contribution in [3.05, 3.63) is 29.1 Å². The minimum absolute atomic E-state index is 0.00620. The van der Waals surface area contributed by atoms with Crippen LogP contribution in [0, 0.1) is 29.1 Å². The van der Waals surface area contributed by atoms with Gasteiger partial charge in [-0.25, -0.2) is 13.2 Å². The Labute approximate surface area is 544 Å². The minimum Gasteiger partial charge on any atom is -0.481 e. The highest BCUT2D eigenvalue weighted by atomic mass is 19.2. The molecule has 1 aromatic carbocycles. The molecule has 2 heterocycles. The Bertz CT molecular complexity index is 2580. The number of nitrogens with zero attached hydrogens (tertiary/aromatic N) is 8. The zero-order valence-corrected chi connectivity index (χ0v) is 56.8. The molecule has 2 atom stereocenters. The molecule has 3 rings (SSSR count). The molecule has 2 aliphatic heterocycles. The molecular weight excluding hydrogens is 1230 g/mol. The lowest BCUT2D eigenvalue weighted by Gasteiger charge is -2.36. The van der Waals surface area contributed by atoms with Gasteiger partial charge in [-0.1, -0.05) is 26.7 Å². The summed E-state index contributed by atoms with van der Waals surface area (Å²) in [6.07, 6.45) is 1.70. The molecule has 530 valence electrons. The van der Waals surface area contributed by atoms with E-state index >= 15 is 0 Å². The summed E-state index contributed by atoms with van der Waals surface area (Å²) in [6, 6.07) is -1.93. The van der Waals surface area contributed by atoms with E-state index in [2.05, 4.69) is 4.74 Å². The zero-order valence-electron chi connectivity index (χ0n) is 56.8. The van der Waals surface area contributed by atoms with Crippen molar-refractivity contribution >= 4 is 58.9 Å². The van der Waals surface area contributed by atoms with Gasteiger partial charge in [0.1, 0.15) is 46.4 Å². The molecule has 0 radical (unpaired) electrons. The summed E-state index contributed by atoms with van der Waals surface area (Å²) in [4.78, 5) is 140. The second-order valence-corrected chi connectivity index (χ2v) is 25.6. The lowest BCUT2D eigenvalue weighted by Crippen LogP contribution is -2.52. The van der Waals surface area contributed by atoms with E-state index < -0.39 is 94.4 Å². The number of carboxylic acids is 1. The van der Waals surface area contributed by atoms with Crippen molar-refractivity contribution in [3.63, 3.8) is 0 Å². The van der Waals surface area contributed by atoms with Crippen molar-refractivity contribution in [2.75, 3.05) is 157 Å². The second kappa shape index (κ2) is 42.5. The molecule has 29 heteroatoms. The molecule has 0 aliphatic carbocycles. The molecule has 0 saturated carbocycles. The maximum atomic E-state index is 14.2. The van der Waals surface area contributed by atoms with Crippen LogP contribution in [0.3, 0.4) is 0 Å². The summed E-state index contributed by atoms with van der Waals surface area (Å²) in [6.45, 7) is 27.4. The van der Waals surface area contributed by atoms with E-state index in [0.29, 0.717) is 97.8 Å². The predicted molar refractivity (Wildman–Crippen MR) is 333 cm³/mol. The molecule has 24 nitrogen and oxygen atoms in total. The van der Waals surface area contributed by atoms with Crippen LogP contribution in [-0.4, -0.2) is 284 Å². The zero-order chi connectivity index (χ0) is 70.2. The Kier molecular flexibility index (Phi) is 38.0. The van der Waals surface area contributed by atoms with E-state index in [1.54, 1.807) is 30.6 Å². The number of unbranched alkanes of at least 4 members (excludes halogenated alkanes) is 2. The number of hydrogen-bond donors (Lipinski definition) is 1. The van der Waals surface area contributed by atoms with Crippen LogP contribution in [0.15, 0.2) is 0 Å². The van der Waals surface area contributed by atoms with Gasteiger partial charge in [-0.05, 0) is 94.9 Å². The molecule has 1 N–H and O–H groups in total. The Hall–Kier alpha value is -5.95. The maximum Gasteiger partial charge on any atom is 0.323 e. The number of carbonyl (C=O) groups excluding carboxylic acids is 9. The fourth-order valence-electron chi connectivity index (χ4n) is 10.1. The van der Waals surface area contributed by atoms with Gasteiger partial charge in [0, 0.05) is 118 Å². The first-order valence-electron chi connectivity index (χ1n) is 32.0. The van der Waals surface area contributed by atoms with Gasteiger partial charge in [-0.2, -0.15) is 8.78 Å². The number of carboxylic acid groups (broad SMARTS) is 1. The lowest BCUT2D eigenvalue weighted by atomic mass is 10.1. The highest BCUT2D eigenvalue weighted by Gasteiger charge is 2.34. The molecule has 0 spiro atoms. The fourth-order valence-corrected chi connectivity index (χ4v) is 10.1. The standard InChI is InChI=1S/C35H51F5N4O8.C29H52N4O8/c1-7-8-19-50-34(49)25(9-10-26(47)51-33-31(39)29(37)28(36)30(38)32(33)40)44-17-15-42(21-24(3)46)12-11-41(20-23(2)45)13-14-43(16-18-44)22-27(48)52-35(4,5)6;1-7-8-19-40-28(39)25(9-10-26(36)37)33-17-15-31(21-24(3)35)12-11-30(20-23(2)34)13-14-32(16-18-33)22-27(38)41-29(4,5)6/h25H,7-22H2,1-6H3;25H,7-22H2,1-6H3,(H,36,37)/t2*25-/m11/s1. The normalized spacial score (nSPS) is 17.3. The van der Waals surface area contributed by atoms with Crippen LogP contribution in [0.1, 0.15) is 134 Å². The highest BCUT2D eigenvalue weighted by Crippen LogP contribution is 2.30. The van der Waals surface area contributed by atoms with Crippen LogP contribution in [0.4, 0.5) is 22.0 Å². The topological polar surface area (TPSA) is 263 Å². The molecule has 2 saturated heterocycles. The Morgan fingerprint density at radius 1 is 0.409 bits per heavy atom. The van der Waals surface area contributed by atoms with Gasteiger partial charge in [0.05, 0.1) is 52.5 Å². The van der Waals surface area contributed by atoms with Crippen LogP contribution < -0.4 is 4.74 Å². The van der Waals surface area contributed by atoms with Crippen LogP contribution in [0.5, 0.6) is 5.75 Å². The first kappa shape index (κ1) is 83.1. The quantitative estimate of drug-likeness (QED) is 0.0214. The van der Waals surface area contributed by atoms with Gasteiger partial charge < -0.3 is 28.8 Å². The van der Waals surface area contributed by atoms with Crippen molar-refractivity contribution < 1.29 is 98.7 Å². The lowest BCUT2D eigenvalue weighted by molar-refractivity contribution is -0.157. The van der Waals surface area contributed by atoms with Crippen LogP contribution in [-0.2, 0) is 66.9 Å². The maximum absolute atomic E-state index is 14.2. The molecule has 2 aliphatic rings. The fraction of sp³-hybridized carbons (Fsp3) is 0.750. The predicted octanol–water partition coefficient (Wildman–Crippen LogP) is 4.83. The molecule has 0 amide bonds. The second-order valence-electron chi connectivity index (χ2n) is 25.6. The molecular formula is C64H103F5N8O16. The smallest absolute Gasteiger partial charge is 0.323 e. The van der Waals surface area contributed by atoms with E-state index in [4.69, 9.17) is 18.9 Å². The van der Waals surface area contributed by atoms with E-state index in [-0.39, 0.29) is 127 Å². The van der Waals surface area contributed by atoms with Gasteiger partial charge in [-0.15, -0.1) is 0 Å². The summed E-state index contributed by atoms with van der Waals surface area (Å²) in [7, 11) is 0. The SMILES string of the molecule is CCCCOC(=O)[C@@H](CCC(=O)O)N1CCN(CC(C)=O)CCN(CC(C)=O)CCN(CC(=O)OC(C)(C)C)CC1.CCCCOC(=O)[C@@H](CCC(=O)Oc1c(F)c(F)c(F)c(F)c1F)N1CCN(CC(C)=O)CCN(CC(C)=O)CCN(CC(=O)OC(C)(C)C)CC1. The summed E-state index contributed by atoms with van der Waals surface area (Å²) >= 11 is 0. The number of aliphatic carboxylic acids is 1. The number of esters is 5. The van der Waals surface area contributed by atoms with Crippen LogP contribution in [0.25, 0.3) is 0 Å². The molecule has 1 aromatic rings. The van der Waals surface area contributed by atoms with Crippen molar-refractivity contribution in [1.82, 2.24) is 39.2 Å². The largest absolute Gasteiger partial charge is 0.481 e. The van der Waals surface area contributed by atoms with Gasteiger partial charge >= 0.3 is 35.8 Å². The molecule has 2 fully saturated rings. The third-order valence-corrected chi connectivity index (χ3v) is 14.6. The number of hydrogen-bond acceptors (Lipinski definition) is 23. The average molecular weight is 1340 g/mol. The van der Waals surface area contributed by atoms with Gasteiger partial charge in [0.25, 0.3) is 0 Å².